The maximum absolute atomic E-state index is 14.9. The molecule has 26 heavy (non-hydrogen) atoms. The number of carboxylic acids is 1. The third-order valence-corrected chi connectivity index (χ3v) is 4.73. The van der Waals surface area contributed by atoms with Crippen LogP contribution in [-0.4, -0.2) is 36.0 Å². The average molecular weight is 373 g/mol. The number of rotatable bonds is 5. The molecule has 0 atom stereocenters. The highest BCUT2D eigenvalue weighted by Gasteiger charge is 2.17. The van der Waals surface area contributed by atoms with Gasteiger partial charge in [-0.2, -0.15) is 5.10 Å². The number of thiazole rings is 1. The molecule has 0 aliphatic rings. The monoisotopic (exact) mass is 373 g/mol. The summed E-state index contributed by atoms with van der Waals surface area (Å²) in [5, 5.41) is 20.9. The van der Waals surface area contributed by atoms with Gasteiger partial charge >= 0.3 is 5.97 Å². The molecule has 0 amide bonds. The Balaban J connectivity index is 1.64. The smallest absolute Gasteiger partial charge is 0.312 e. The van der Waals surface area contributed by atoms with Crippen molar-refractivity contribution in [1.82, 2.24) is 25.0 Å². The molecule has 0 saturated heterocycles. The molecule has 3 heterocycles. The first kappa shape index (κ1) is 16.3. The zero-order chi connectivity index (χ0) is 18.3. The molecular weight excluding hydrogens is 361 g/mol. The number of hydrogen-bond acceptors (Lipinski definition) is 7. The van der Waals surface area contributed by atoms with Gasteiger partial charge in [-0.25, -0.2) is 9.37 Å². The number of aryl methyl sites for hydroxylation is 1. The highest BCUT2D eigenvalue weighted by molar-refractivity contribution is 7.18. The van der Waals surface area contributed by atoms with Crippen molar-refractivity contribution in [1.29, 1.82) is 0 Å². The largest absolute Gasteiger partial charge is 0.481 e. The zero-order valence-corrected chi connectivity index (χ0v) is 14.3. The van der Waals surface area contributed by atoms with Gasteiger partial charge in [0.15, 0.2) is 5.82 Å². The molecule has 0 fully saturated rings. The first-order valence-corrected chi connectivity index (χ1v) is 8.41. The summed E-state index contributed by atoms with van der Waals surface area (Å²) in [5.74, 6) is -1.13. The molecule has 0 aliphatic carbocycles. The summed E-state index contributed by atoms with van der Waals surface area (Å²) < 4.78 is 22.2. The van der Waals surface area contributed by atoms with Crippen LogP contribution in [0, 0.1) is 5.82 Å². The van der Waals surface area contributed by atoms with Crippen LogP contribution < -0.4 is 0 Å². The number of aliphatic carboxylic acids is 1. The van der Waals surface area contributed by atoms with Crippen molar-refractivity contribution in [2.24, 2.45) is 7.05 Å². The van der Waals surface area contributed by atoms with E-state index in [0.717, 1.165) is 0 Å². The lowest BCUT2D eigenvalue weighted by Crippen LogP contribution is -1.99. The fourth-order valence-electron chi connectivity index (χ4n) is 2.55. The van der Waals surface area contributed by atoms with Crippen molar-refractivity contribution in [3.63, 3.8) is 0 Å². The predicted molar refractivity (Wildman–Crippen MR) is 90.2 cm³/mol. The summed E-state index contributed by atoms with van der Waals surface area (Å²) in [4.78, 5) is 15.0. The maximum Gasteiger partial charge on any atom is 0.312 e. The number of nitrogens with zero attached hydrogens (tertiary/aromatic N) is 5. The van der Waals surface area contributed by atoms with Crippen molar-refractivity contribution >= 4 is 27.5 Å². The van der Waals surface area contributed by atoms with Crippen molar-refractivity contribution in [3.05, 3.63) is 47.1 Å². The Bertz CT molecular complexity index is 1120. The average Bonchev–Trinajstić information content (AvgIpc) is 3.28. The van der Waals surface area contributed by atoms with E-state index in [-0.39, 0.29) is 30.4 Å². The summed E-state index contributed by atoms with van der Waals surface area (Å²) in [5.41, 5.74) is 1.69. The normalized spacial score (nSPS) is 11.3. The summed E-state index contributed by atoms with van der Waals surface area (Å²) in [7, 11) is 1.77. The van der Waals surface area contributed by atoms with Crippen LogP contribution in [0.15, 0.2) is 28.9 Å². The summed E-state index contributed by atoms with van der Waals surface area (Å²) >= 11 is 1.20. The van der Waals surface area contributed by atoms with Gasteiger partial charge in [0.05, 0.1) is 22.8 Å². The van der Waals surface area contributed by atoms with E-state index in [0.29, 0.717) is 26.4 Å². The molecule has 0 bridgehead atoms. The number of benzene rings is 1. The molecular formula is C16H12FN5O3S. The fraction of sp³-hybridized carbons (Fsp3) is 0.188. The second-order valence-corrected chi connectivity index (χ2v) is 6.71. The second kappa shape index (κ2) is 6.30. The third kappa shape index (κ3) is 3.06. The lowest BCUT2D eigenvalue weighted by atomic mass is 10.1. The molecule has 10 heteroatoms. The molecule has 4 rings (SSSR count). The van der Waals surface area contributed by atoms with Crippen LogP contribution in [0.1, 0.15) is 16.8 Å². The number of hydrogen-bond donors (Lipinski definition) is 1. The summed E-state index contributed by atoms with van der Waals surface area (Å²) in [6.45, 7) is 0. The minimum atomic E-state index is -1.05. The Morgan fingerprint density at radius 1 is 1.35 bits per heavy atom. The SMILES string of the molecule is Cn1cc(-c2ccc3nc(Cc4nnc(CC(=O)O)o4)sc3c2F)cn1. The quantitative estimate of drug-likeness (QED) is 0.572. The molecule has 0 spiro atoms. The molecule has 0 radical (unpaired) electrons. The van der Waals surface area contributed by atoms with Gasteiger partial charge in [0.1, 0.15) is 11.4 Å². The summed E-state index contributed by atoms with van der Waals surface area (Å²) in [6, 6.07) is 3.43. The minimum Gasteiger partial charge on any atom is -0.481 e. The van der Waals surface area contributed by atoms with E-state index in [1.54, 1.807) is 36.3 Å². The maximum atomic E-state index is 14.9. The predicted octanol–water partition coefficient (Wildman–Crippen LogP) is 2.44. The molecule has 3 aromatic heterocycles. The van der Waals surface area contributed by atoms with E-state index in [1.165, 1.54) is 11.3 Å². The first-order chi connectivity index (χ1) is 12.5. The molecule has 1 aromatic carbocycles. The Labute approximate surface area is 149 Å². The second-order valence-electron chi connectivity index (χ2n) is 5.62. The Hall–Kier alpha value is -3.14. The van der Waals surface area contributed by atoms with Gasteiger partial charge in [-0.15, -0.1) is 21.5 Å². The van der Waals surface area contributed by atoms with Gasteiger partial charge in [0.2, 0.25) is 11.8 Å². The number of halogens is 1. The Kier molecular flexibility index (Phi) is 3.96. The van der Waals surface area contributed by atoms with E-state index in [1.807, 2.05) is 0 Å². The van der Waals surface area contributed by atoms with E-state index < -0.39 is 5.97 Å². The summed E-state index contributed by atoms with van der Waals surface area (Å²) in [6.07, 6.45) is 3.23. The Morgan fingerprint density at radius 3 is 2.88 bits per heavy atom. The van der Waals surface area contributed by atoms with Crippen molar-refractivity contribution < 1.29 is 18.7 Å². The van der Waals surface area contributed by atoms with Gasteiger partial charge in [-0.05, 0) is 12.1 Å². The van der Waals surface area contributed by atoms with E-state index >= 15 is 0 Å². The number of carboxylic acid groups (broad SMARTS) is 1. The highest BCUT2D eigenvalue weighted by Crippen LogP contribution is 2.32. The van der Waals surface area contributed by atoms with Crippen molar-refractivity contribution in [3.8, 4) is 11.1 Å². The van der Waals surface area contributed by atoms with Crippen molar-refractivity contribution in [2.45, 2.75) is 12.8 Å². The van der Waals surface area contributed by atoms with Gasteiger partial charge in [0.25, 0.3) is 0 Å². The van der Waals surface area contributed by atoms with E-state index in [2.05, 4.69) is 20.3 Å². The number of fused-ring (bicyclic) bond motifs is 1. The van der Waals surface area contributed by atoms with Crippen LogP contribution in [0.5, 0.6) is 0 Å². The third-order valence-electron chi connectivity index (χ3n) is 3.67. The fourth-order valence-corrected chi connectivity index (χ4v) is 3.55. The Morgan fingerprint density at radius 2 is 2.15 bits per heavy atom. The standard InChI is InChI=1S/C16H12FN5O3S/c1-22-7-8(6-18-22)9-2-3-10-16(15(9)17)26-13(19-10)4-11-20-21-12(25-11)5-14(23)24/h2-3,6-7H,4-5H2,1H3,(H,23,24). The van der Waals surface area contributed by atoms with Crippen LogP contribution in [0.25, 0.3) is 21.3 Å². The number of carbonyl (C=O) groups is 1. The van der Waals surface area contributed by atoms with E-state index in [9.17, 15) is 9.18 Å². The molecule has 0 aliphatic heterocycles. The molecule has 8 nitrogen and oxygen atoms in total. The van der Waals surface area contributed by atoms with Crippen LogP contribution >= 0.6 is 11.3 Å². The highest BCUT2D eigenvalue weighted by atomic mass is 32.1. The zero-order valence-electron chi connectivity index (χ0n) is 13.5. The molecule has 132 valence electrons. The van der Waals surface area contributed by atoms with Crippen LogP contribution in [0.4, 0.5) is 4.39 Å². The van der Waals surface area contributed by atoms with Gasteiger partial charge in [-0.3, -0.25) is 9.48 Å². The van der Waals surface area contributed by atoms with Crippen molar-refractivity contribution in [2.75, 3.05) is 0 Å². The lowest BCUT2D eigenvalue weighted by Gasteiger charge is -1.99. The first-order valence-electron chi connectivity index (χ1n) is 7.59. The minimum absolute atomic E-state index is 0.0265. The number of aromatic nitrogens is 5. The van der Waals surface area contributed by atoms with E-state index in [4.69, 9.17) is 9.52 Å². The van der Waals surface area contributed by atoms with Crippen LogP contribution in [0.3, 0.4) is 0 Å². The van der Waals surface area contributed by atoms with Gasteiger partial charge < -0.3 is 9.52 Å². The lowest BCUT2D eigenvalue weighted by molar-refractivity contribution is -0.136. The van der Waals surface area contributed by atoms with Gasteiger partial charge in [-0.1, -0.05) is 0 Å². The molecule has 0 unspecified atom stereocenters. The molecule has 1 N–H and O–H groups in total. The van der Waals surface area contributed by atoms with Crippen LogP contribution in [-0.2, 0) is 24.7 Å². The molecule has 4 aromatic rings. The molecule has 0 saturated carbocycles. The van der Waals surface area contributed by atoms with Gasteiger partial charge in [0, 0.05) is 24.4 Å². The topological polar surface area (TPSA) is 107 Å². The van der Waals surface area contributed by atoms with Crippen LogP contribution in [0.2, 0.25) is 0 Å².